The van der Waals surface area contributed by atoms with Gasteiger partial charge in [-0.25, -0.2) is 9.78 Å². The first-order chi connectivity index (χ1) is 16.6. The summed E-state index contributed by atoms with van der Waals surface area (Å²) >= 11 is 0. The van der Waals surface area contributed by atoms with E-state index in [-0.39, 0.29) is 23.0 Å². The normalized spacial score (nSPS) is 11.5. The first-order valence-electron chi connectivity index (χ1n) is 11.5. The van der Waals surface area contributed by atoms with Crippen molar-refractivity contribution in [3.05, 3.63) is 105 Å². The molecule has 0 fully saturated rings. The number of benzene rings is 2. The lowest BCUT2D eigenvalue weighted by atomic mass is 9.92. The molecule has 35 heavy (non-hydrogen) atoms. The fraction of sp³-hybridized carbons (Fsp3) is 0.259. The standard InChI is InChI=1S/C27H30N6O2/c1-17-18(2)28-25(31-24(17)34)33-22(16-21(32-33)27(3,4)5)29-26(35)30-23(19-12-8-6-9-13-19)20-14-10-7-11-15-20/h6-16,23H,1-5H3,(H,28,31,34)(H2,29,30,35). The molecule has 8 heteroatoms. The molecule has 180 valence electrons. The molecule has 0 saturated heterocycles. The van der Waals surface area contributed by atoms with Crippen molar-refractivity contribution in [1.29, 1.82) is 0 Å². The van der Waals surface area contributed by atoms with Gasteiger partial charge >= 0.3 is 6.03 Å². The van der Waals surface area contributed by atoms with Crippen LogP contribution in [-0.2, 0) is 5.41 Å². The smallest absolute Gasteiger partial charge is 0.321 e. The maximum atomic E-state index is 13.2. The number of nitrogens with one attached hydrogen (secondary N) is 3. The van der Waals surface area contributed by atoms with Gasteiger partial charge in [0, 0.05) is 22.7 Å². The Bertz CT molecular complexity index is 1350. The van der Waals surface area contributed by atoms with Crippen LogP contribution in [0.2, 0.25) is 0 Å². The largest absolute Gasteiger partial charge is 0.327 e. The molecule has 0 bridgehead atoms. The van der Waals surface area contributed by atoms with Gasteiger partial charge in [0.1, 0.15) is 5.82 Å². The molecule has 4 rings (SSSR count). The highest BCUT2D eigenvalue weighted by Gasteiger charge is 2.24. The van der Waals surface area contributed by atoms with E-state index in [1.54, 1.807) is 19.9 Å². The van der Waals surface area contributed by atoms with Crippen molar-refractivity contribution in [2.45, 2.75) is 46.1 Å². The van der Waals surface area contributed by atoms with Crippen molar-refractivity contribution in [2.24, 2.45) is 0 Å². The molecule has 0 aliphatic carbocycles. The summed E-state index contributed by atoms with van der Waals surface area (Å²) < 4.78 is 1.47. The van der Waals surface area contributed by atoms with Crippen LogP contribution in [0.25, 0.3) is 5.95 Å². The molecule has 2 heterocycles. The molecule has 0 saturated carbocycles. The number of hydrogen-bond acceptors (Lipinski definition) is 4. The highest BCUT2D eigenvalue weighted by molar-refractivity contribution is 5.89. The van der Waals surface area contributed by atoms with Crippen molar-refractivity contribution in [2.75, 3.05) is 5.32 Å². The summed E-state index contributed by atoms with van der Waals surface area (Å²) in [6, 6.07) is 20.6. The Hall–Kier alpha value is -4.20. The van der Waals surface area contributed by atoms with Gasteiger partial charge in [0.2, 0.25) is 5.95 Å². The highest BCUT2D eigenvalue weighted by Crippen LogP contribution is 2.26. The number of rotatable bonds is 5. The van der Waals surface area contributed by atoms with Crippen molar-refractivity contribution in [3.63, 3.8) is 0 Å². The number of H-pyrrole nitrogens is 1. The molecule has 4 aromatic rings. The second-order valence-corrected chi connectivity index (χ2v) is 9.53. The van der Waals surface area contributed by atoms with Gasteiger partial charge in [0.25, 0.3) is 5.56 Å². The Kier molecular flexibility index (Phi) is 6.55. The number of carbonyl (C=O) groups excluding carboxylic acids is 1. The fourth-order valence-electron chi connectivity index (χ4n) is 3.66. The van der Waals surface area contributed by atoms with Gasteiger partial charge in [-0.15, -0.1) is 0 Å². The number of urea groups is 1. The third-order valence-electron chi connectivity index (χ3n) is 5.84. The summed E-state index contributed by atoms with van der Waals surface area (Å²) in [5.74, 6) is 0.644. The van der Waals surface area contributed by atoms with Crippen LogP contribution in [-0.4, -0.2) is 25.8 Å². The lowest BCUT2D eigenvalue weighted by Crippen LogP contribution is -2.34. The molecule has 0 atom stereocenters. The van der Waals surface area contributed by atoms with Crippen LogP contribution < -0.4 is 16.2 Å². The lowest BCUT2D eigenvalue weighted by Gasteiger charge is -2.20. The number of aromatic nitrogens is 4. The van der Waals surface area contributed by atoms with E-state index in [9.17, 15) is 9.59 Å². The molecule has 0 spiro atoms. The van der Waals surface area contributed by atoms with Gasteiger partial charge in [-0.3, -0.25) is 15.1 Å². The van der Waals surface area contributed by atoms with Crippen molar-refractivity contribution >= 4 is 11.8 Å². The number of aromatic amines is 1. The van der Waals surface area contributed by atoms with Crippen LogP contribution >= 0.6 is 0 Å². The number of aryl methyl sites for hydroxylation is 1. The van der Waals surface area contributed by atoms with E-state index in [4.69, 9.17) is 0 Å². The monoisotopic (exact) mass is 470 g/mol. The number of hydrogen-bond donors (Lipinski definition) is 3. The number of carbonyl (C=O) groups is 1. The summed E-state index contributed by atoms with van der Waals surface area (Å²) in [7, 11) is 0. The Morgan fingerprint density at radius 1 is 0.971 bits per heavy atom. The number of nitrogens with zero attached hydrogens (tertiary/aromatic N) is 3. The molecule has 2 aromatic carbocycles. The molecule has 0 aliphatic rings. The Balaban J connectivity index is 1.69. The summed E-state index contributed by atoms with van der Waals surface area (Å²) in [4.78, 5) is 32.9. The van der Waals surface area contributed by atoms with E-state index < -0.39 is 6.03 Å². The summed E-state index contributed by atoms with van der Waals surface area (Å²) in [6.45, 7) is 9.57. The van der Waals surface area contributed by atoms with Gasteiger partial charge in [0.15, 0.2) is 0 Å². The molecule has 2 amide bonds. The summed E-state index contributed by atoms with van der Waals surface area (Å²) in [5, 5.41) is 10.6. The predicted molar refractivity (Wildman–Crippen MR) is 137 cm³/mol. The van der Waals surface area contributed by atoms with Crippen molar-refractivity contribution in [3.8, 4) is 5.95 Å². The topological polar surface area (TPSA) is 105 Å². The maximum Gasteiger partial charge on any atom is 0.321 e. The molecule has 2 aromatic heterocycles. The van der Waals surface area contributed by atoms with Gasteiger partial charge in [-0.2, -0.15) is 9.78 Å². The highest BCUT2D eigenvalue weighted by atomic mass is 16.2. The lowest BCUT2D eigenvalue weighted by molar-refractivity contribution is 0.250. The number of amides is 2. The maximum absolute atomic E-state index is 13.2. The van der Waals surface area contributed by atoms with E-state index in [0.29, 0.717) is 17.1 Å². The number of anilines is 1. The molecular formula is C27H30N6O2. The van der Waals surface area contributed by atoms with Gasteiger partial charge in [0.05, 0.1) is 11.7 Å². The van der Waals surface area contributed by atoms with Crippen molar-refractivity contribution in [1.82, 2.24) is 25.1 Å². The van der Waals surface area contributed by atoms with Crippen LogP contribution in [0, 0.1) is 13.8 Å². The minimum Gasteiger partial charge on any atom is -0.327 e. The SMILES string of the molecule is Cc1nc(-n2nc(C(C)(C)C)cc2NC(=O)NC(c2ccccc2)c2ccccc2)[nH]c(=O)c1C. The van der Waals surface area contributed by atoms with Crippen LogP contribution in [0.3, 0.4) is 0 Å². The predicted octanol–water partition coefficient (Wildman–Crippen LogP) is 4.78. The Morgan fingerprint density at radius 3 is 2.06 bits per heavy atom. The van der Waals surface area contributed by atoms with E-state index in [2.05, 4.69) is 25.7 Å². The van der Waals surface area contributed by atoms with Crippen LogP contribution in [0.15, 0.2) is 71.5 Å². The zero-order valence-electron chi connectivity index (χ0n) is 20.6. The Morgan fingerprint density at radius 2 is 1.54 bits per heavy atom. The average Bonchev–Trinajstić information content (AvgIpc) is 3.26. The van der Waals surface area contributed by atoms with Crippen LogP contribution in [0.1, 0.15) is 54.9 Å². The molecule has 0 unspecified atom stereocenters. The summed E-state index contributed by atoms with van der Waals surface area (Å²) in [5.41, 5.74) is 3.27. The van der Waals surface area contributed by atoms with Gasteiger partial charge in [-0.05, 0) is 25.0 Å². The van der Waals surface area contributed by atoms with E-state index in [0.717, 1.165) is 16.8 Å². The second kappa shape index (κ2) is 9.58. The van der Waals surface area contributed by atoms with Crippen LogP contribution in [0.4, 0.5) is 10.6 Å². The average molecular weight is 471 g/mol. The second-order valence-electron chi connectivity index (χ2n) is 9.53. The van der Waals surface area contributed by atoms with Crippen LogP contribution in [0.5, 0.6) is 0 Å². The first-order valence-corrected chi connectivity index (χ1v) is 11.5. The first kappa shape index (κ1) is 23.9. The zero-order valence-corrected chi connectivity index (χ0v) is 20.6. The third-order valence-corrected chi connectivity index (χ3v) is 5.84. The molecule has 8 nitrogen and oxygen atoms in total. The molecule has 0 aliphatic heterocycles. The van der Waals surface area contributed by atoms with E-state index >= 15 is 0 Å². The summed E-state index contributed by atoms with van der Waals surface area (Å²) in [6.07, 6.45) is 0. The van der Waals surface area contributed by atoms with E-state index in [1.165, 1.54) is 4.68 Å². The molecular weight excluding hydrogens is 440 g/mol. The van der Waals surface area contributed by atoms with Gasteiger partial charge < -0.3 is 5.32 Å². The van der Waals surface area contributed by atoms with E-state index in [1.807, 2.05) is 81.4 Å². The minimum absolute atomic E-state index is 0.242. The fourth-order valence-corrected chi connectivity index (χ4v) is 3.66. The minimum atomic E-state index is -0.407. The van der Waals surface area contributed by atoms with Crippen molar-refractivity contribution < 1.29 is 4.79 Å². The third kappa shape index (κ3) is 5.32. The molecule has 0 radical (unpaired) electrons. The van der Waals surface area contributed by atoms with Gasteiger partial charge in [-0.1, -0.05) is 81.4 Å². The zero-order chi connectivity index (χ0) is 25.2. The Labute approximate surface area is 204 Å². The quantitative estimate of drug-likeness (QED) is 0.390. The molecule has 3 N–H and O–H groups in total.